The topological polar surface area (TPSA) is 41.1 Å². The maximum atomic E-state index is 12.4. The van der Waals surface area contributed by atoms with Crippen molar-refractivity contribution in [1.82, 2.24) is 10.6 Å². The molecular formula is C14H17F3N2O. The van der Waals surface area contributed by atoms with Crippen LogP contribution in [-0.2, 0) is 6.18 Å². The molecule has 1 aromatic carbocycles. The molecule has 3 nitrogen and oxygen atoms in total. The minimum Gasteiger partial charge on any atom is -0.349 e. The van der Waals surface area contributed by atoms with Crippen LogP contribution >= 0.6 is 0 Å². The largest absolute Gasteiger partial charge is 0.416 e. The number of hydrogen-bond donors (Lipinski definition) is 2. The fourth-order valence-corrected chi connectivity index (χ4v) is 2.24. The number of rotatable bonds is 2. The Hall–Kier alpha value is -1.56. The molecule has 2 N–H and O–H groups in total. The first-order valence-corrected chi connectivity index (χ1v) is 6.65. The number of amides is 1. The zero-order valence-corrected chi connectivity index (χ0v) is 11.0. The SMILES string of the molecule is O=C(NC1CCCNCC1)c1ccc(C(F)(F)F)cc1. The van der Waals surface area contributed by atoms with Crippen LogP contribution in [0.15, 0.2) is 24.3 Å². The molecule has 1 heterocycles. The standard InChI is InChI=1S/C14H17F3N2O/c15-14(16,17)11-5-3-10(4-6-11)13(20)19-12-2-1-8-18-9-7-12/h3-6,12,18H,1-2,7-9H2,(H,19,20). The first kappa shape index (κ1) is 14.8. The van der Waals surface area contributed by atoms with Gasteiger partial charge in [0.2, 0.25) is 0 Å². The van der Waals surface area contributed by atoms with Crippen LogP contribution in [0.25, 0.3) is 0 Å². The molecule has 1 unspecified atom stereocenters. The van der Waals surface area contributed by atoms with Crippen LogP contribution in [0.4, 0.5) is 13.2 Å². The molecule has 0 radical (unpaired) electrons. The van der Waals surface area contributed by atoms with E-state index in [0.717, 1.165) is 44.5 Å². The van der Waals surface area contributed by atoms with Crippen LogP contribution in [0.2, 0.25) is 0 Å². The van der Waals surface area contributed by atoms with Crippen LogP contribution in [-0.4, -0.2) is 25.0 Å². The molecule has 2 rings (SSSR count). The van der Waals surface area contributed by atoms with Gasteiger partial charge < -0.3 is 10.6 Å². The van der Waals surface area contributed by atoms with Crippen molar-refractivity contribution in [2.24, 2.45) is 0 Å². The van der Waals surface area contributed by atoms with E-state index in [9.17, 15) is 18.0 Å². The summed E-state index contributed by atoms with van der Waals surface area (Å²) >= 11 is 0. The zero-order chi connectivity index (χ0) is 14.6. The molecule has 20 heavy (non-hydrogen) atoms. The summed E-state index contributed by atoms with van der Waals surface area (Å²) in [6, 6.07) is 4.38. The molecule has 1 atom stereocenters. The second-order valence-electron chi connectivity index (χ2n) is 4.93. The first-order chi connectivity index (χ1) is 9.47. The molecule has 1 saturated heterocycles. The third-order valence-electron chi connectivity index (χ3n) is 3.39. The molecular weight excluding hydrogens is 269 g/mol. The molecule has 1 aromatic rings. The molecule has 1 aliphatic rings. The highest BCUT2D eigenvalue weighted by molar-refractivity contribution is 5.94. The Morgan fingerprint density at radius 1 is 1.15 bits per heavy atom. The highest BCUT2D eigenvalue weighted by Gasteiger charge is 2.30. The molecule has 110 valence electrons. The summed E-state index contributed by atoms with van der Waals surface area (Å²) in [4.78, 5) is 12.0. The van der Waals surface area contributed by atoms with E-state index in [1.807, 2.05) is 0 Å². The third kappa shape index (κ3) is 3.96. The number of carbonyl (C=O) groups excluding carboxylic acids is 1. The molecule has 1 fully saturated rings. The Labute approximate surface area is 115 Å². The van der Waals surface area contributed by atoms with Crippen molar-refractivity contribution in [3.63, 3.8) is 0 Å². The van der Waals surface area contributed by atoms with Gasteiger partial charge in [0.1, 0.15) is 0 Å². The smallest absolute Gasteiger partial charge is 0.349 e. The third-order valence-corrected chi connectivity index (χ3v) is 3.39. The lowest BCUT2D eigenvalue weighted by molar-refractivity contribution is -0.137. The molecule has 0 saturated carbocycles. The summed E-state index contributed by atoms with van der Waals surface area (Å²) < 4.78 is 37.3. The van der Waals surface area contributed by atoms with Crippen molar-refractivity contribution in [3.05, 3.63) is 35.4 Å². The number of nitrogens with one attached hydrogen (secondary N) is 2. The number of halogens is 3. The Balaban J connectivity index is 1.98. The van der Waals surface area contributed by atoms with Crippen molar-refractivity contribution in [2.45, 2.75) is 31.5 Å². The van der Waals surface area contributed by atoms with E-state index in [2.05, 4.69) is 10.6 Å². The summed E-state index contributed by atoms with van der Waals surface area (Å²) in [7, 11) is 0. The molecule has 1 aliphatic heterocycles. The Bertz CT molecular complexity index is 448. The van der Waals surface area contributed by atoms with E-state index in [4.69, 9.17) is 0 Å². The van der Waals surface area contributed by atoms with Crippen molar-refractivity contribution in [3.8, 4) is 0 Å². The number of alkyl halides is 3. The monoisotopic (exact) mass is 286 g/mol. The minimum absolute atomic E-state index is 0.0831. The first-order valence-electron chi connectivity index (χ1n) is 6.65. The molecule has 0 aliphatic carbocycles. The van der Waals surface area contributed by atoms with Gasteiger partial charge in [-0.1, -0.05) is 0 Å². The predicted molar refractivity (Wildman–Crippen MR) is 69.4 cm³/mol. The number of hydrogen-bond acceptors (Lipinski definition) is 2. The molecule has 0 bridgehead atoms. The van der Waals surface area contributed by atoms with Gasteiger partial charge in [-0.3, -0.25) is 4.79 Å². The molecule has 0 aromatic heterocycles. The van der Waals surface area contributed by atoms with E-state index in [1.54, 1.807) is 0 Å². The van der Waals surface area contributed by atoms with Crippen molar-refractivity contribution in [1.29, 1.82) is 0 Å². The normalized spacial score (nSPS) is 20.2. The minimum atomic E-state index is -4.37. The van der Waals surface area contributed by atoms with Gasteiger partial charge in [-0.25, -0.2) is 0 Å². The zero-order valence-electron chi connectivity index (χ0n) is 11.0. The lowest BCUT2D eigenvalue weighted by Gasteiger charge is -2.16. The van der Waals surface area contributed by atoms with Gasteiger partial charge in [0.25, 0.3) is 5.91 Å². The van der Waals surface area contributed by atoms with E-state index in [0.29, 0.717) is 0 Å². The summed E-state index contributed by atoms with van der Waals surface area (Å²) in [5.74, 6) is -0.314. The Kier molecular flexibility index (Phi) is 4.65. The van der Waals surface area contributed by atoms with Crippen molar-refractivity contribution < 1.29 is 18.0 Å². The van der Waals surface area contributed by atoms with Crippen LogP contribution in [0.3, 0.4) is 0 Å². The molecule has 6 heteroatoms. The molecule has 0 spiro atoms. The fraction of sp³-hybridized carbons (Fsp3) is 0.500. The van der Waals surface area contributed by atoms with E-state index in [-0.39, 0.29) is 17.5 Å². The average molecular weight is 286 g/mol. The quantitative estimate of drug-likeness (QED) is 0.877. The predicted octanol–water partition coefficient (Wildman–Crippen LogP) is 2.58. The van der Waals surface area contributed by atoms with Gasteiger partial charge in [0.05, 0.1) is 5.56 Å². The lowest BCUT2D eigenvalue weighted by atomic mass is 10.1. The average Bonchev–Trinajstić information content (AvgIpc) is 2.66. The van der Waals surface area contributed by atoms with Gasteiger partial charge in [-0.2, -0.15) is 13.2 Å². The van der Waals surface area contributed by atoms with Gasteiger partial charge in [0, 0.05) is 11.6 Å². The summed E-state index contributed by atoms with van der Waals surface area (Å²) in [5, 5.41) is 6.11. The fourth-order valence-electron chi connectivity index (χ4n) is 2.24. The number of carbonyl (C=O) groups is 1. The van der Waals surface area contributed by atoms with Gasteiger partial charge >= 0.3 is 6.18 Å². The summed E-state index contributed by atoms with van der Waals surface area (Å²) in [6.45, 7) is 1.78. The second-order valence-corrected chi connectivity index (χ2v) is 4.93. The Morgan fingerprint density at radius 2 is 1.85 bits per heavy atom. The van der Waals surface area contributed by atoms with E-state index < -0.39 is 11.7 Å². The summed E-state index contributed by atoms with van der Waals surface area (Å²) in [5.41, 5.74) is -0.483. The van der Waals surface area contributed by atoms with Crippen LogP contribution < -0.4 is 10.6 Å². The summed E-state index contributed by atoms with van der Waals surface area (Å²) in [6.07, 6.45) is -1.66. The van der Waals surface area contributed by atoms with Crippen molar-refractivity contribution >= 4 is 5.91 Å². The highest BCUT2D eigenvalue weighted by Crippen LogP contribution is 2.29. The van der Waals surface area contributed by atoms with Crippen LogP contribution in [0.1, 0.15) is 35.2 Å². The Morgan fingerprint density at radius 3 is 2.50 bits per heavy atom. The lowest BCUT2D eigenvalue weighted by Crippen LogP contribution is -2.35. The number of benzene rings is 1. The van der Waals surface area contributed by atoms with Crippen molar-refractivity contribution in [2.75, 3.05) is 13.1 Å². The van der Waals surface area contributed by atoms with Gasteiger partial charge in [-0.15, -0.1) is 0 Å². The molecule has 1 amide bonds. The maximum Gasteiger partial charge on any atom is 0.416 e. The van der Waals surface area contributed by atoms with E-state index in [1.165, 1.54) is 12.1 Å². The van der Waals surface area contributed by atoms with Crippen LogP contribution in [0.5, 0.6) is 0 Å². The highest BCUT2D eigenvalue weighted by atomic mass is 19.4. The van der Waals surface area contributed by atoms with E-state index >= 15 is 0 Å². The second kappa shape index (κ2) is 6.26. The maximum absolute atomic E-state index is 12.4. The van der Waals surface area contributed by atoms with Gasteiger partial charge in [0.15, 0.2) is 0 Å². The van der Waals surface area contributed by atoms with Crippen LogP contribution in [0, 0.1) is 0 Å². The van der Waals surface area contributed by atoms with Gasteiger partial charge in [-0.05, 0) is 56.6 Å².